The molecule has 0 saturated carbocycles. The predicted molar refractivity (Wildman–Crippen MR) is 94.9 cm³/mol. The van der Waals surface area contributed by atoms with Gasteiger partial charge in [-0.3, -0.25) is 9.52 Å². The second kappa shape index (κ2) is 7.12. The Balaban J connectivity index is 1.67. The number of sulfonamides is 1. The van der Waals surface area contributed by atoms with Crippen LogP contribution in [0.15, 0.2) is 58.3 Å². The molecule has 0 aliphatic rings. The van der Waals surface area contributed by atoms with Gasteiger partial charge in [0.15, 0.2) is 5.13 Å². The molecular formula is C15H13N3O3S3. The number of anilines is 1. The van der Waals surface area contributed by atoms with Crippen LogP contribution in [0.25, 0.3) is 0 Å². The van der Waals surface area contributed by atoms with Gasteiger partial charge in [0.1, 0.15) is 0 Å². The van der Waals surface area contributed by atoms with Gasteiger partial charge in [0.25, 0.3) is 15.9 Å². The van der Waals surface area contributed by atoms with Crippen LogP contribution in [0, 0.1) is 0 Å². The summed E-state index contributed by atoms with van der Waals surface area (Å²) in [4.78, 5) is 17.1. The van der Waals surface area contributed by atoms with E-state index in [2.05, 4.69) is 15.0 Å². The van der Waals surface area contributed by atoms with Crippen molar-refractivity contribution in [2.45, 2.75) is 11.4 Å². The Labute approximate surface area is 147 Å². The van der Waals surface area contributed by atoms with Gasteiger partial charge in [0, 0.05) is 22.0 Å². The molecule has 2 heterocycles. The number of nitrogens with one attached hydrogen (secondary N) is 2. The minimum absolute atomic E-state index is 0.0764. The van der Waals surface area contributed by atoms with E-state index in [4.69, 9.17) is 0 Å². The van der Waals surface area contributed by atoms with Crippen molar-refractivity contribution in [3.8, 4) is 0 Å². The summed E-state index contributed by atoms with van der Waals surface area (Å²) in [5.74, 6) is -0.250. The fraction of sp³-hybridized carbons (Fsp3) is 0.0667. The van der Waals surface area contributed by atoms with Crippen LogP contribution in [0.5, 0.6) is 0 Å². The first-order valence-corrected chi connectivity index (χ1v) is 10.1. The zero-order valence-electron chi connectivity index (χ0n) is 12.3. The third kappa shape index (κ3) is 3.99. The highest BCUT2D eigenvalue weighted by Crippen LogP contribution is 2.18. The zero-order chi connectivity index (χ0) is 17.0. The first-order chi connectivity index (χ1) is 11.5. The number of hydrogen-bond acceptors (Lipinski definition) is 6. The molecule has 124 valence electrons. The Hall–Kier alpha value is -2.23. The number of thiazole rings is 1. The standard InChI is InChI=1S/C15H13N3O3S3/c19-14(17-10-12-2-1-8-22-12)11-3-5-13(6-4-11)24(20,21)18-15-16-7-9-23-15/h1-9H,10H2,(H,16,18)(H,17,19). The van der Waals surface area contributed by atoms with E-state index in [1.54, 1.807) is 16.7 Å². The minimum Gasteiger partial charge on any atom is -0.347 e. The van der Waals surface area contributed by atoms with E-state index in [1.165, 1.54) is 41.8 Å². The van der Waals surface area contributed by atoms with Crippen LogP contribution < -0.4 is 10.0 Å². The van der Waals surface area contributed by atoms with Gasteiger partial charge in [0.2, 0.25) is 0 Å². The number of carbonyl (C=O) groups is 1. The lowest BCUT2D eigenvalue weighted by atomic mass is 10.2. The molecule has 1 aromatic carbocycles. The van der Waals surface area contributed by atoms with Gasteiger partial charge in [-0.2, -0.15) is 0 Å². The normalized spacial score (nSPS) is 11.2. The lowest BCUT2D eigenvalue weighted by molar-refractivity contribution is 0.0951. The number of thiophene rings is 1. The number of carbonyl (C=O) groups excluding carboxylic acids is 1. The number of aromatic nitrogens is 1. The fourth-order valence-electron chi connectivity index (χ4n) is 1.92. The van der Waals surface area contributed by atoms with Crippen LogP contribution >= 0.6 is 22.7 Å². The molecule has 1 amide bonds. The lowest BCUT2D eigenvalue weighted by Crippen LogP contribution is -2.22. The maximum atomic E-state index is 12.2. The van der Waals surface area contributed by atoms with Crippen molar-refractivity contribution in [3.63, 3.8) is 0 Å². The molecule has 0 spiro atoms. The van der Waals surface area contributed by atoms with E-state index in [0.29, 0.717) is 17.2 Å². The van der Waals surface area contributed by atoms with E-state index in [1.807, 2.05) is 17.5 Å². The summed E-state index contributed by atoms with van der Waals surface area (Å²) in [6.45, 7) is 0.447. The molecule has 24 heavy (non-hydrogen) atoms. The van der Waals surface area contributed by atoms with Crippen molar-refractivity contribution in [1.29, 1.82) is 0 Å². The van der Waals surface area contributed by atoms with E-state index in [-0.39, 0.29) is 10.8 Å². The quantitative estimate of drug-likeness (QED) is 0.689. The molecule has 0 radical (unpaired) electrons. The molecule has 0 saturated heterocycles. The molecule has 0 bridgehead atoms. The van der Waals surface area contributed by atoms with Gasteiger partial charge >= 0.3 is 0 Å². The summed E-state index contributed by atoms with van der Waals surface area (Å²) in [7, 11) is -3.71. The second-order valence-electron chi connectivity index (χ2n) is 4.73. The summed E-state index contributed by atoms with van der Waals surface area (Å²) in [6.07, 6.45) is 1.52. The molecule has 0 fully saturated rings. The molecule has 3 rings (SSSR count). The zero-order valence-corrected chi connectivity index (χ0v) is 14.7. The average molecular weight is 379 g/mol. The van der Waals surface area contributed by atoms with Gasteiger partial charge in [-0.1, -0.05) is 6.07 Å². The molecule has 2 aromatic heterocycles. The number of nitrogens with zero attached hydrogens (tertiary/aromatic N) is 1. The van der Waals surface area contributed by atoms with Gasteiger partial charge in [-0.25, -0.2) is 13.4 Å². The summed E-state index contributed by atoms with van der Waals surface area (Å²) in [6, 6.07) is 9.62. The van der Waals surface area contributed by atoms with E-state index < -0.39 is 10.0 Å². The molecule has 2 N–H and O–H groups in total. The first kappa shape index (κ1) is 16.6. The summed E-state index contributed by atoms with van der Waals surface area (Å²) < 4.78 is 26.8. The molecule has 0 unspecified atom stereocenters. The smallest absolute Gasteiger partial charge is 0.263 e. The molecular weight excluding hydrogens is 366 g/mol. The molecule has 0 atom stereocenters. The third-order valence-corrected chi connectivity index (χ3v) is 6.13. The monoisotopic (exact) mass is 379 g/mol. The Morgan fingerprint density at radius 1 is 1.08 bits per heavy atom. The highest BCUT2D eigenvalue weighted by Gasteiger charge is 2.16. The SMILES string of the molecule is O=C(NCc1cccs1)c1ccc(S(=O)(=O)Nc2nccs2)cc1. The van der Waals surface area contributed by atoms with Crippen LogP contribution in [0.2, 0.25) is 0 Å². The largest absolute Gasteiger partial charge is 0.347 e. The van der Waals surface area contributed by atoms with Crippen LogP contribution in [0.1, 0.15) is 15.2 Å². The van der Waals surface area contributed by atoms with E-state index in [9.17, 15) is 13.2 Å². The van der Waals surface area contributed by atoms with E-state index in [0.717, 1.165) is 4.88 Å². The Morgan fingerprint density at radius 3 is 2.50 bits per heavy atom. The van der Waals surface area contributed by atoms with Crippen LogP contribution in [0.3, 0.4) is 0 Å². The number of rotatable bonds is 6. The first-order valence-electron chi connectivity index (χ1n) is 6.87. The van der Waals surface area contributed by atoms with Gasteiger partial charge in [0.05, 0.1) is 11.4 Å². The van der Waals surface area contributed by atoms with Gasteiger partial charge in [-0.15, -0.1) is 22.7 Å². The van der Waals surface area contributed by atoms with E-state index >= 15 is 0 Å². The Bertz CT molecular complexity index is 903. The number of benzene rings is 1. The predicted octanol–water partition coefficient (Wildman–Crippen LogP) is 2.94. The number of amides is 1. The second-order valence-corrected chi connectivity index (χ2v) is 8.34. The maximum absolute atomic E-state index is 12.2. The average Bonchev–Trinajstić information content (AvgIpc) is 3.26. The van der Waals surface area contributed by atoms with Crippen molar-refractivity contribution in [3.05, 3.63) is 63.8 Å². The van der Waals surface area contributed by atoms with Crippen LogP contribution in [0.4, 0.5) is 5.13 Å². The van der Waals surface area contributed by atoms with Crippen molar-refractivity contribution in [2.75, 3.05) is 4.72 Å². The van der Waals surface area contributed by atoms with Crippen LogP contribution in [-0.4, -0.2) is 19.3 Å². The summed E-state index contributed by atoms with van der Waals surface area (Å²) in [5.41, 5.74) is 0.403. The molecule has 3 aromatic rings. The third-order valence-electron chi connectivity index (χ3n) is 3.08. The topological polar surface area (TPSA) is 88.2 Å². The fourth-order valence-corrected chi connectivity index (χ4v) is 4.35. The Morgan fingerprint density at radius 2 is 1.88 bits per heavy atom. The number of hydrogen-bond donors (Lipinski definition) is 2. The molecule has 0 aliphatic carbocycles. The highest BCUT2D eigenvalue weighted by molar-refractivity contribution is 7.93. The molecule has 9 heteroatoms. The van der Waals surface area contributed by atoms with Crippen molar-refractivity contribution < 1.29 is 13.2 Å². The Kier molecular flexibility index (Phi) is 4.93. The minimum atomic E-state index is -3.71. The maximum Gasteiger partial charge on any atom is 0.263 e. The molecule has 6 nitrogen and oxygen atoms in total. The lowest BCUT2D eigenvalue weighted by Gasteiger charge is -2.07. The van der Waals surface area contributed by atoms with Crippen molar-refractivity contribution >= 4 is 43.7 Å². The summed E-state index contributed by atoms with van der Waals surface area (Å²) in [5, 5.41) is 6.71. The van der Waals surface area contributed by atoms with Crippen molar-refractivity contribution in [1.82, 2.24) is 10.3 Å². The van der Waals surface area contributed by atoms with Crippen molar-refractivity contribution in [2.24, 2.45) is 0 Å². The summed E-state index contributed by atoms with van der Waals surface area (Å²) >= 11 is 2.75. The van der Waals surface area contributed by atoms with Crippen LogP contribution in [-0.2, 0) is 16.6 Å². The molecule has 0 aliphatic heterocycles. The van der Waals surface area contributed by atoms with Gasteiger partial charge in [-0.05, 0) is 35.7 Å². The van der Waals surface area contributed by atoms with Gasteiger partial charge < -0.3 is 5.32 Å². The highest BCUT2D eigenvalue weighted by atomic mass is 32.2.